The molecule has 2 aromatic heterocycles. The number of halogens is 4. The second-order valence-corrected chi connectivity index (χ2v) is 8.02. The first-order valence-corrected chi connectivity index (χ1v) is 10.2. The first-order chi connectivity index (χ1) is 15.9. The summed E-state index contributed by atoms with van der Waals surface area (Å²) in [4.78, 5) is 20.3. The molecule has 0 unspecified atom stereocenters. The van der Waals surface area contributed by atoms with E-state index >= 15 is 0 Å². The Balaban J connectivity index is 1.85. The average molecular weight is 448 g/mol. The van der Waals surface area contributed by atoms with E-state index in [0.717, 1.165) is 24.8 Å². The first-order valence-electron chi connectivity index (χ1n) is 10.2. The molecule has 1 aliphatic rings. The molecule has 0 N–H and O–H groups in total. The van der Waals surface area contributed by atoms with E-state index in [1.807, 2.05) is 0 Å². The summed E-state index contributed by atoms with van der Waals surface area (Å²) in [5.74, 6) is -3.77. The predicted molar refractivity (Wildman–Crippen MR) is 113 cm³/mol. The van der Waals surface area contributed by atoms with Crippen molar-refractivity contribution in [2.45, 2.75) is 18.3 Å². The highest BCUT2D eigenvalue weighted by Crippen LogP contribution is 2.47. The monoisotopic (exact) mass is 448 g/mol. The fraction of sp³-hybridized carbons (Fsp3) is 0.115. The van der Waals surface area contributed by atoms with Gasteiger partial charge in [-0.15, -0.1) is 0 Å². The van der Waals surface area contributed by atoms with Crippen LogP contribution in [0.25, 0.3) is 0 Å². The zero-order valence-corrected chi connectivity index (χ0v) is 17.2. The van der Waals surface area contributed by atoms with Crippen LogP contribution in [-0.4, -0.2) is 15.8 Å². The maximum Gasteiger partial charge on any atom is 0.193 e. The van der Waals surface area contributed by atoms with Gasteiger partial charge in [-0.2, -0.15) is 0 Å². The summed E-state index contributed by atoms with van der Waals surface area (Å²) in [5, 5.41) is 0. The molecule has 0 bridgehead atoms. The summed E-state index contributed by atoms with van der Waals surface area (Å²) >= 11 is 0. The van der Waals surface area contributed by atoms with Crippen LogP contribution in [0.3, 0.4) is 0 Å². The maximum atomic E-state index is 14.8. The number of ketones is 1. The third-order valence-corrected chi connectivity index (χ3v) is 6.24. The van der Waals surface area contributed by atoms with E-state index in [-0.39, 0.29) is 29.8 Å². The Morgan fingerprint density at radius 3 is 1.36 bits per heavy atom. The largest absolute Gasteiger partial charge is 0.289 e. The fourth-order valence-electron chi connectivity index (χ4n) is 4.75. The number of pyridine rings is 2. The molecule has 0 atom stereocenters. The van der Waals surface area contributed by atoms with Crippen molar-refractivity contribution in [1.82, 2.24) is 9.97 Å². The van der Waals surface area contributed by atoms with Gasteiger partial charge in [-0.1, -0.05) is 48.5 Å². The Kier molecular flexibility index (Phi) is 5.04. The standard InChI is InChI=1S/C26H16F4N2O/c27-21-11-31-12-22(28)17(21)9-26(10-18-23(29)13-32-14-24(18)30)19-7-3-1-5-15(19)25(33)16-6-2-4-8-20(16)26/h1-8,11-14H,9-10H2. The Labute approximate surface area is 186 Å². The van der Waals surface area contributed by atoms with Crippen LogP contribution in [0.2, 0.25) is 0 Å². The van der Waals surface area contributed by atoms with Crippen LogP contribution in [0.15, 0.2) is 73.3 Å². The Morgan fingerprint density at radius 2 is 0.970 bits per heavy atom. The van der Waals surface area contributed by atoms with Crippen molar-refractivity contribution in [3.05, 3.63) is 130 Å². The van der Waals surface area contributed by atoms with E-state index in [4.69, 9.17) is 0 Å². The molecule has 0 spiro atoms. The van der Waals surface area contributed by atoms with Gasteiger partial charge in [-0.25, -0.2) is 17.6 Å². The second-order valence-electron chi connectivity index (χ2n) is 8.02. The van der Waals surface area contributed by atoms with Crippen molar-refractivity contribution in [3.63, 3.8) is 0 Å². The molecule has 1 aliphatic carbocycles. The molecule has 0 aliphatic heterocycles. The lowest BCUT2D eigenvalue weighted by molar-refractivity contribution is 0.102. The number of aromatic nitrogens is 2. The van der Waals surface area contributed by atoms with Crippen molar-refractivity contribution in [2.24, 2.45) is 0 Å². The van der Waals surface area contributed by atoms with E-state index in [2.05, 4.69) is 9.97 Å². The lowest BCUT2D eigenvalue weighted by Gasteiger charge is -2.41. The van der Waals surface area contributed by atoms with Crippen LogP contribution in [0.1, 0.15) is 38.2 Å². The first kappa shape index (κ1) is 21.0. The number of nitrogens with zero attached hydrogens (tertiary/aromatic N) is 2. The molecule has 2 aromatic carbocycles. The van der Waals surface area contributed by atoms with E-state index in [9.17, 15) is 22.4 Å². The Bertz CT molecular complexity index is 1260. The van der Waals surface area contributed by atoms with Crippen LogP contribution in [0.5, 0.6) is 0 Å². The van der Waals surface area contributed by atoms with Gasteiger partial charge in [-0.3, -0.25) is 14.8 Å². The number of hydrogen-bond donors (Lipinski definition) is 0. The summed E-state index contributed by atoms with van der Waals surface area (Å²) in [6, 6.07) is 13.3. The highest BCUT2D eigenvalue weighted by molar-refractivity contribution is 6.13. The van der Waals surface area contributed by atoms with E-state index in [1.54, 1.807) is 48.5 Å². The molecular formula is C26H16F4N2O. The minimum absolute atomic E-state index is 0.261. The van der Waals surface area contributed by atoms with Gasteiger partial charge in [0.1, 0.15) is 23.3 Å². The molecule has 4 aromatic rings. The number of rotatable bonds is 4. The second kappa shape index (κ2) is 7.92. The fourth-order valence-corrected chi connectivity index (χ4v) is 4.75. The van der Waals surface area contributed by atoms with Gasteiger partial charge < -0.3 is 0 Å². The Morgan fingerprint density at radius 1 is 0.606 bits per heavy atom. The number of carbonyl (C=O) groups is 1. The van der Waals surface area contributed by atoms with Crippen LogP contribution in [-0.2, 0) is 18.3 Å². The highest BCUT2D eigenvalue weighted by atomic mass is 19.1. The number of benzene rings is 2. The third kappa shape index (κ3) is 3.31. The lowest BCUT2D eigenvalue weighted by Crippen LogP contribution is -2.40. The van der Waals surface area contributed by atoms with Crippen molar-refractivity contribution < 1.29 is 22.4 Å². The molecule has 7 heteroatoms. The number of hydrogen-bond acceptors (Lipinski definition) is 3. The van der Waals surface area contributed by atoms with E-state index in [0.29, 0.717) is 22.3 Å². The van der Waals surface area contributed by atoms with Crippen molar-refractivity contribution in [2.75, 3.05) is 0 Å². The van der Waals surface area contributed by atoms with E-state index < -0.39 is 28.7 Å². The topological polar surface area (TPSA) is 42.9 Å². The maximum absolute atomic E-state index is 14.8. The summed E-state index contributed by atoms with van der Waals surface area (Å²) in [7, 11) is 0. The molecule has 5 rings (SSSR count). The summed E-state index contributed by atoms with van der Waals surface area (Å²) in [6.07, 6.45) is 3.01. The number of carbonyl (C=O) groups excluding carboxylic acids is 1. The van der Waals surface area contributed by atoms with Crippen LogP contribution in [0, 0.1) is 23.3 Å². The molecule has 0 fully saturated rings. The van der Waals surface area contributed by atoms with Gasteiger partial charge in [0, 0.05) is 27.7 Å². The highest BCUT2D eigenvalue weighted by Gasteiger charge is 2.45. The average Bonchev–Trinajstić information content (AvgIpc) is 2.82. The summed E-state index contributed by atoms with van der Waals surface area (Å²) in [6.45, 7) is 0. The van der Waals surface area contributed by atoms with Gasteiger partial charge in [0.15, 0.2) is 5.78 Å². The third-order valence-electron chi connectivity index (χ3n) is 6.24. The summed E-state index contributed by atoms with van der Waals surface area (Å²) < 4.78 is 59.1. The van der Waals surface area contributed by atoms with Crippen molar-refractivity contribution in [1.29, 1.82) is 0 Å². The molecule has 0 saturated carbocycles. The van der Waals surface area contributed by atoms with Crippen molar-refractivity contribution in [3.8, 4) is 0 Å². The number of fused-ring (bicyclic) bond motifs is 2. The smallest absolute Gasteiger partial charge is 0.193 e. The SMILES string of the molecule is O=C1c2ccccc2C(Cc2c(F)cncc2F)(Cc2c(F)cncc2F)c2ccccc21. The van der Waals surface area contributed by atoms with E-state index in [1.165, 1.54) is 0 Å². The molecule has 164 valence electrons. The predicted octanol–water partition coefficient (Wildman–Crippen LogP) is 5.35. The summed E-state index contributed by atoms with van der Waals surface area (Å²) in [5.41, 5.74) is -0.368. The Hall–Kier alpha value is -3.87. The van der Waals surface area contributed by atoms with Crippen molar-refractivity contribution >= 4 is 5.78 Å². The van der Waals surface area contributed by atoms with Gasteiger partial charge in [-0.05, 0) is 24.0 Å². The zero-order chi connectivity index (χ0) is 23.2. The van der Waals surface area contributed by atoms with Crippen LogP contribution in [0.4, 0.5) is 17.6 Å². The normalized spacial score (nSPS) is 14.0. The molecular weight excluding hydrogens is 432 g/mol. The van der Waals surface area contributed by atoms with Crippen LogP contribution >= 0.6 is 0 Å². The quantitative estimate of drug-likeness (QED) is 0.396. The molecule has 3 nitrogen and oxygen atoms in total. The lowest BCUT2D eigenvalue weighted by atomic mass is 9.61. The molecule has 2 heterocycles. The van der Waals surface area contributed by atoms with Gasteiger partial charge in [0.2, 0.25) is 0 Å². The molecule has 0 radical (unpaired) electrons. The molecule has 33 heavy (non-hydrogen) atoms. The molecule has 0 amide bonds. The zero-order valence-electron chi connectivity index (χ0n) is 17.2. The van der Waals surface area contributed by atoms with Gasteiger partial charge >= 0.3 is 0 Å². The molecule has 0 saturated heterocycles. The minimum Gasteiger partial charge on any atom is -0.289 e. The van der Waals surface area contributed by atoms with Crippen LogP contribution < -0.4 is 0 Å². The van der Waals surface area contributed by atoms with Gasteiger partial charge in [0.05, 0.1) is 24.8 Å². The minimum atomic E-state index is -1.34. The van der Waals surface area contributed by atoms with Gasteiger partial charge in [0.25, 0.3) is 0 Å².